The van der Waals surface area contributed by atoms with Gasteiger partial charge < -0.3 is 19.9 Å². The molecule has 2 aliphatic heterocycles. The second kappa shape index (κ2) is 9.47. The second-order valence-corrected chi connectivity index (χ2v) is 9.12. The summed E-state index contributed by atoms with van der Waals surface area (Å²) in [6.07, 6.45) is 4.97. The van der Waals surface area contributed by atoms with Crippen molar-refractivity contribution in [2.24, 2.45) is 11.8 Å². The Labute approximate surface area is 178 Å². The Kier molecular flexibility index (Phi) is 6.73. The minimum absolute atomic E-state index is 0.0673. The van der Waals surface area contributed by atoms with Gasteiger partial charge in [0.2, 0.25) is 5.91 Å². The number of hydrogen-bond donors (Lipinski definition) is 1. The summed E-state index contributed by atoms with van der Waals surface area (Å²) >= 11 is 0. The van der Waals surface area contributed by atoms with Crippen LogP contribution >= 0.6 is 0 Å². The second-order valence-electron chi connectivity index (χ2n) is 9.12. The molecule has 2 amide bonds. The van der Waals surface area contributed by atoms with Crippen LogP contribution in [-0.2, 0) is 16.1 Å². The van der Waals surface area contributed by atoms with Gasteiger partial charge in [-0.2, -0.15) is 5.10 Å². The van der Waals surface area contributed by atoms with Crippen molar-refractivity contribution >= 4 is 11.8 Å². The van der Waals surface area contributed by atoms with Crippen molar-refractivity contribution in [3.05, 3.63) is 17.5 Å². The zero-order chi connectivity index (χ0) is 21.1. The summed E-state index contributed by atoms with van der Waals surface area (Å²) in [7, 11) is 0. The Bertz CT molecular complexity index is 752. The molecule has 0 aromatic carbocycles. The fourth-order valence-electron chi connectivity index (χ4n) is 4.58. The normalized spacial score (nSPS) is 23.7. The first-order valence-corrected chi connectivity index (χ1v) is 11.5. The molecule has 8 nitrogen and oxygen atoms in total. The van der Waals surface area contributed by atoms with Gasteiger partial charge >= 0.3 is 0 Å². The van der Waals surface area contributed by atoms with Crippen LogP contribution in [0.2, 0.25) is 0 Å². The van der Waals surface area contributed by atoms with Crippen LogP contribution < -0.4 is 5.32 Å². The van der Waals surface area contributed by atoms with Gasteiger partial charge in [0, 0.05) is 32.7 Å². The molecular weight excluding hydrogens is 382 g/mol. The van der Waals surface area contributed by atoms with E-state index in [-0.39, 0.29) is 24.5 Å². The van der Waals surface area contributed by atoms with Gasteiger partial charge in [0.1, 0.15) is 12.3 Å². The van der Waals surface area contributed by atoms with E-state index in [1.165, 1.54) is 32.2 Å². The van der Waals surface area contributed by atoms with Crippen molar-refractivity contribution in [2.45, 2.75) is 52.2 Å². The summed E-state index contributed by atoms with van der Waals surface area (Å²) in [5, 5.41) is 7.28. The Balaban J connectivity index is 1.23. The molecule has 2 saturated heterocycles. The quantitative estimate of drug-likeness (QED) is 0.690. The third-order valence-electron chi connectivity index (χ3n) is 6.54. The summed E-state index contributed by atoms with van der Waals surface area (Å²) in [5.41, 5.74) is 1.40. The maximum Gasteiger partial charge on any atom is 0.269 e. The molecule has 1 aromatic rings. The minimum Gasteiger partial charge on any atom is -0.365 e. The standard InChI is InChI=1S/C22H35N5O3/c1-3-27-20(10-16(2)24-27)22(29)23-11-19-14-26(21(28)15-30-19)13-18-6-8-25(9-7-18)12-17-4-5-17/h10,17-19H,3-9,11-15H2,1-2H3,(H,23,29). The number of amides is 2. The van der Waals surface area contributed by atoms with Gasteiger partial charge in [-0.15, -0.1) is 0 Å². The summed E-state index contributed by atoms with van der Waals surface area (Å²) in [6, 6.07) is 1.80. The molecule has 1 unspecified atom stereocenters. The summed E-state index contributed by atoms with van der Waals surface area (Å²) in [6.45, 7) is 9.94. The van der Waals surface area contributed by atoms with Gasteiger partial charge in [-0.05, 0) is 70.5 Å². The lowest BCUT2D eigenvalue weighted by molar-refractivity contribution is -0.149. The SMILES string of the molecule is CCn1nc(C)cc1C(=O)NCC1CN(CC2CCN(CC3CC3)CC2)C(=O)CO1. The summed E-state index contributed by atoms with van der Waals surface area (Å²) < 4.78 is 7.40. The van der Waals surface area contributed by atoms with Gasteiger partial charge in [0.25, 0.3) is 5.91 Å². The van der Waals surface area contributed by atoms with Crippen LogP contribution in [0.3, 0.4) is 0 Å². The van der Waals surface area contributed by atoms with E-state index in [0.29, 0.717) is 31.2 Å². The Hall–Kier alpha value is -1.93. The molecule has 3 fully saturated rings. The molecule has 30 heavy (non-hydrogen) atoms. The molecule has 1 saturated carbocycles. The molecule has 1 aromatic heterocycles. The average Bonchev–Trinajstić information content (AvgIpc) is 3.48. The number of rotatable bonds is 8. The Morgan fingerprint density at radius 2 is 1.93 bits per heavy atom. The number of hydrogen-bond acceptors (Lipinski definition) is 5. The van der Waals surface area contributed by atoms with Crippen LogP contribution in [0.15, 0.2) is 6.07 Å². The lowest BCUT2D eigenvalue weighted by atomic mass is 9.95. The Morgan fingerprint density at radius 3 is 2.63 bits per heavy atom. The van der Waals surface area contributed by atoms with E-state index in [4.69, 9.17) is 4.74 Å². The van der Waals surface area contributed by atoms with E-state index in [1.807, 2.05) is 18.7 Å². The number of ether oxygens (including phenoxy) is 1. The van der Waals surface area contributed by atoms with E-state index in [9.17, 15) is 9.59 Å². The molecule has 0 radical (unpaired) electrons. The molecule has 4 rings (SSSR count). The van der Waals surface area contributed by atoms with E-state index >= 15 is 0 Å². The third kappa shape index (κ3) is 5.40. The molecule has 3 aliphatic rings. The van der Waals surface area contributed by atoms with Crippen molar-refractivity contribution in [3.63, 3.8) is 0 Å². The lowest BCUT2D eigenvalue weighted by Gasteiger charge is -2.38. The van der Waals surface area contributed by atoms with Crippen molar-refractivity contribution in [2.75, 3.05) is 45.9 Å². The van der Waals surface area contributed by atoms with Crippen LogP contribution in [0.1, 0.15) is 48.8 Å². The first-order chi connectivity index (χ1) is 14.5. The van der Waals surface area contributed by atoms with Crippen LogP contribution in [0.4, 0.5) is 0 Å². The highest BCUT2D eigenvalue weighted by atomic mass is 16.5. The van der Waals surface area contributed by atoms with E-state index < -0.39 is 0 Å². The van der Waals surface area contributed by atoms with Gasteiger partial charge in [-0.25, -0.2) is 0 Å². The van der Waals surface area contributed by atoms with Crippen LogP contribution in [0.5, 0.6) is 0 Å². The predicted molar refractivity (Wildman–Crippen MR) is 113 cm³/mol. The minimum atomic E-state index is -0.166. The van der Waals surface area contributed by atoms with Crippen molar-refractivity contribution in [1.29, 1.82) is 0 Å². The number of aromatic nitrogens is 2. The highest BCUT2D eigenvalue weighted by molar-refractivity contribution is 5.92. The number of piperidine rings is 1. The number of carbonyl (C=O) groups is 2. The van der Waals surface area contributed by atoms with Crippen molar-refractivity contribution in [1.82, 2.24) is 24.9 Å². The molecule has 1 N–H and O–H groups in total. The largest absolute Gasteiger partial charge is 0.365 e. The first kappa shape index (κ1) is 21.3. The number of likely N-dealkylation sites (tertiary alicyclic amines) is 1. The number of nitrogens with zero attached hydrogens (tertiary/aromatic N) is 4. The number of aryl methyl sites for hydroxylation is 2. The molecule has 3 heterocycles. The lowest BCUT2D eigenvalue weighted by Crippen LogP contribution is -2.52. The molecule has 1 aliphatic carbocycles. The van der Waals surface area contributed by atoms with Crippen LogP contribution in [-0.4, -0.2) is 83.4 Å². The topological polar surface area (TPSA) is 79.7 Å². The molecule has 1 atom stereocenters. The summed E-state index contributed by atoms with van der Waals surface area (Å²) in [5.74, 6) is 1.43. The van der Waals surface area contributed by atoms with Gasteiger partial charge in [0.15, 0.2) is 0 Å². The molecule has 8 heteroatoms. The predicted octanol–water partition coefficient (Wildman–Crippen LogP) is 1.29. The van der Waals surface area contributed by atoms with Gasteiger partial charge in [-0.3, -0.25) is 14.3 Å². The highest BCUT2D eigenvalue weighted by Crippen LogP contribution is 2.31. The highest BCUT2D eigenvalue weighted by Gasteiger charge is 2.31. The van der Waals surface area contributed by atoms with Crippen molar-refractivity contribution < 1.29 is 14.3 Å². The van der Waals surface area contributed by atoms with Crippen LogP contribution in [0.25, 0.3) is 0 Å². The first-order valence-electron chi connectivity index (χ1n) is 11.5. The number of carbonyl (C=O) groups excluding carboxylic acids is 2. The monoisotopic (exact) mass is 417 g/mol. The van der Waals surface area contributed by atoms with E-state index in [0.717, 1.165) is 31.2 Å². The molecule has 0 bridgehead atoms. The fourth-order valence-corrected chi connectivity index (χ4v) is 4.58. The number of morpholine rings is 1. The van der Waals surface area contributed by atoms with Crippen LogP contribution in [0, 0.1) is 18.8 Å². The maximum atomic E-state index is 12.5. The third-order valence-corrected chi connectivity index (χ3v) is 6.54. The zero-order valence-electron chi connectivity index (χ0n) is 18.3. The smallest absolute Gasteiger partial charge is 0.269 e. The van der Waals surface area contributed by atoms with E-state index in [2.05, 4.69) is 15.3 Å². The Morgan fingerprint density at radius 1 is 1.20 bits per heavy atom. The van der Waals surface area contributed by atoms with Gasteiger partial charge in [-0.1, -0.05) is 0 Å². The van der Waals surface area contributed by atoms with Gasteiger partial charge in [0.05, 0.1) is 11.8 Å². The molecular formula is C22H35N5O3. The zero-order valence-corrected chi connectivity index (χ0v) is 18.3. The van der Waals surface area contributed by atoms with Crippen molar-refractivity contribution in [3.8, 4) is 0 Å². The average molecular weight is 418 g/mol. The summed E-state index contributed by atoms with van der Waals surface area (Å²) in [4.78, 5) is 29.5. The molecule has 166 valence electrons. The number of nitrogens with one attached hydrogen (secondary N) is 1. The fraction of sp³-hybridized carbons (Fsp3) is 0.773. The van der Waals surface area contributed by atoms with E-state index in [1.54, 1.807) is 10.7 Å². The maximum absolute atomic E-state index is 12.5. The molecule has 0 spiro atoms.